The summed E-state index contributed by atoms with van der Waals surface area (Å²) < 4.78 is 5.27. The normalized spacial score (nSPS) is 17.6. The Morgan fingerprint density at radius 3 is 2.53 bits per heavy atom. The topological polar surface area (TPSA) is 70.7 Å². The number of carbonyl (C=O) groups is 2. The number of nitrogens with one attached hydrogen (secondary N) is 2. The van der Waals surface area contributed by atoms with Gasteiger partial charge in [-0.1, -0.05) is 66.2 Å². The van der Waals surface area contributed by atoms with E-state index in [2.05, 4.69) is 35.8 Å². The van der Waals surface area contributed by atoms with Crippen LogP contribution in [0.5, 0.6) is 5.75 Å². The molecular formula is C28H31N3O3. The molecule has 0 aliphatic carbocycles. The molecule has 0 radical (unpaired) electrons. The quantitative estimate of drug-likeness (QED) is 0.550. The van der Waals surface area contributed by atoms with Crippen LogP contribution in [0.1, 0.15) is 29.0 Å². The van der Waals surface area contributed by atoms with Crippen LogP contribution in [0.2, 0.25) is 0 Å². The van der Waals surface area contributed by atoms with Crippen molar-refractivity contribution in [3.63, 3.8) is 0 Å². The highest BCUT2D eigenvalue weighted by atomic mass is 16.5. The standard InChI is InChI=1S/C28H31N3O3/c1-20-8-6-11-22(14-20)23-15-24(27(32)30-25-12-7-13-26(16-25)34-2)19-31(18-23)28(33)29-17-21-9-4-3-5-10-21/h3-14,16,23-24H,15,17-19H2,1-2H3,(H,29,33)(H,30,32). The van der Waals surface area contributed by atoms with E-state index < -0.39 is 0 Å². The summed E-state index contributed by atoms with van der Waals surface area (Å²) in [6, 6.07) is 25.3. The Morgan fingerprint density at radius 1 is 0.971 bits per heavy atom. The smallest absolute Gasteiger partial charge is 0.317 e. The second kappa shape index (κ2) is 10.9. The van der Waals surface area contributed by atoms with Crippen molar-refractivity contribution in [2.75, 3.05) is 25.5 Å². The van der Waals surface area contributed by atoms with E-state index in [0.29, 0.717) is 37.5 Å². The SMILES string of the molecule is COc1cccc(NC(=O)C2CC(c3cccc(C)c3)CN(C(=O)NCc3ccccc3)C2)c1. The van der Waals surface area contributed by atoms with Crippen LogP contribution in [-0.4, -0.2) is 37.0 Å². The Kier molecular flexibility index (Phi) is 7.48. The third kappa shape index (κ3) is 5.95. The van der Waals surface area contributed by atoms with E-state index in [0.717, 1.165) is 11.1 Å². The number of anilines is 1. The molecule has 4 rings (SSSR count). The van der Waals surface area contributed by atoms with Crippen molar-refractivity contribution >= 4 is 17.6 Å². The molecule has 1 heterocycles. The molecule has 6 heteroatoms. The molecule has 1 aliphatic rings. The van der Waals surface area contributed by atoms with Crippen LogP contribution in [0.3, 0.4) is 0 Å². The number of carbonyl (C=O) groups excluding carboxylic acids is 2. The number of nitrogens with zero attached hydrogens (tertiary/aromatic N) is 1. The zero-order valence-electron chi connectivity index (χ0n) is 19.7. The Balaban J connectivity index is 1.50. The first-order valence-corrected chi connectivity index (χ1v) is 11.6. The summed E-state index contributed by atoms with van der Waals surface area (Å²) in [6.07, 6.45) is 0.682. The maximum absolute atomic E-state index is 13.2. The fourth-order valence-corrected chi connectivity index (χ4v) is 4.45. The number of likely N-dealkylation sites (tertiary alicyclic amines) is 1. The molecule has 2 N–H and O–H groups in total. The van der Waals surface area contributed by atoms with E-state index in [1.165, 1.54) is 5.56 Å². The first kappa shape index (κ1) is 23.4. The molecule has 34 heavy (non-hydrogen) atoms. The Labute approximate surface area is 200 Å². The minimum Gasteiger partial charge on any atom is -0.497 e. The number of hydrogen-bond donors (Lipinski definition) is 2. The number of aryl methyl sites for hydroxylation is 1. The van der Waals surface area contributed by atoms with Gasteiger partial charge < -0.3 is 20.3 Å². The minimum absolute atomic E-state index is 0.0807. The molecule has 176 valence electrons. The maximum atomic E-state index is 13.2. The van der Waals surface area contributed by atoms with Crippen LogP contribution in [0, 0.1) is 12.8 Å². The first-order valence-electron chi connectivity index (χ1n) is 11.6. The third-order valence-electron chi connectivity index (χ3n) is 6.25. The summed E-state index contributed by atoms with van der Waals surface area (Å²) in [5, 5.41) is 6.02. The van der Waals surface area contributed by atoms with E-state index in [4.69, 9.17) is 4.74 Å². The molecule has 3 amide bonds. The highest BCUT2D eigenvalue weighted by molar-refractivity contribution is 5.93. The molecular weight excluding hydrogens is 426 g/mol. The van der Waals surface area contributed by atoms with Crippen LogP contribution in [-0.2, 0) is 11.3 Å². The lowest BCUT2D eigenvalue weighted by molar-refractivity contribution is -0.121. The van der Waals surface area contributed by atoms with Crippen molar-refractivity contribution in [1.29, 1.82) is 0 Å². The van der Waals surface area contributed by atoms with Crippen molar-refractivity contribution in [3.8, 4) is 5.75 Å². The van der Waals surface area contributed by atoms with Gasteiger partial charge in [0.25, 0.3) is 0 Å². The van der Waals surface area contributed by atoms with Gasteiger partial charge in [-0.05, 0) is 36.6 Å². The number of amides is 3. The number of rotatable bonds is 6. The molecule has 3 aromatic carbocycles. The van der Waals surface area contributed by atoms with E-state index in [9.17, 15) is 9.59 Å². The highest BCUT2D eigenvalue weighted by Crippen LogP contribution is 2.32. The van der Waals surface area contributed by atoms with Crippen LogP contribution >= 0.6 is 0 Å². The fourth-order valence-electron chi connectivity index (χ4n) is 4.45. The molecule has 2 atom stereocenters. The van der Waals surface area contributed by atoms with Crippen LogP contribution in [0.15, 0.2) is 78.9 Å². The fraction of sp³-hybridized carbons (Fsp3) is 0.286. The first-order chi connectivity index (χ1) is 16.5. The summed E-state index contributed by atoms with van der Waals surface area (Å²) in [6.45, 7) is 3.46. The van der Waals surface area contributed by atoms with Crippen LogP contribution in [0.25, 0.3) is 0 Å². The lowest BCUT2D eigenvalue weighted by atomic mass is 9.83. The third-order valence-corrected chi connectivity index (χ3v) is 6.25. The summed E-state index contributed by atoms with van der Waals surface area (Å²) >= 11 is 0. The average Bonchev–Trinajstić information content (AvgIpc) is 2.87. The second-order valence-electron chi connectivity index (χ2n) is 8.81. The number of urea groups is 1. The summed E-state index contributed by atoms with van der Waals surface area (Å²) in [5.74, 6) is 0.345. The van der Waals surface area contributed by atoms with Crippen molar-refractivity contribution in [3.05, 3.63) is 95.6 Å². The molecule has 1 fully saturated rings. The predicted molar refractivity (Wildman–Crippen MR) is 134 cm³/mol. The summed E-state index contributed by atoms with van der Waals surface area (Å²) in [5.41, 5.74) is 4.04. The number of ether oxygens (including phenoxy) is 1. The van der Waals surface area contributed by atoms with Gasteiger partial charge in [0.05, 0.1) is 13.0 Å². The summed E-state index contributed by atoms with van der Waals surface area (Å²) in [4.78, 5) is 28.1. The van der Waals surface area contributed by atoms with Gasteiger partial charge in [0.2, 0.25) is 5.91 Å². The van der Waals surface area contributed by atoms with Gasteiger partial charge >= 0.3 is 6.03 Å². The number of piperidine rings is 1. The van der Waals surface area contributed by atoms with Gasteiger partial charge in [-0.25, -0.2) is 4.79 Å². The monoisotopic (exact) mass is 457 g/mol. The van der Waals surface area contributed by atoms with E-state index >= 15 is 0 Å². The molecule has 0 spiro atoms. The lowest BCUT2D eigenvalue weighted by Gasteiger charge is -2.37. The van der Waals surface area contributed by atoms with Crippen molar-refractivity contribution in [1.82, 2.24) is 10.2 Å². The van der Waals surface area contributed by atoms with Crippen LogP contribution < -0.4 is 15.4 Å². The Hall–Kier alpha value is -3.80. The zero-order valence-corrected chi connectivity index (χ0v) is 19.7. The van der Waals surface area contributed by atoms with E-state index in [1.807, 2.05) is 54.6 Å². The van der Waals surface area contributed by atoms with Gasteiger partial charge in [-0.15, -0.1) is 0 Å². The largest absolute Gasteiger partial charge is 0.497 e. The maximum Gasteiger partial charge on any atom is 0.317 e. The Bertz CT molecular complexity index is 1130. The van der Waals surface area contributed by atoms with Gasteiger partial charge in [-0.3, -0.25) is 4.79 Å². The highest BCUT2D eigenvalue weighted by Gasteiger charge is 2.34. The molecule has 0 bridgehead atoms. The van der Waals surface area contributed by atoms with Gasteiger partial charge in [-0.2, -0.15) is 0 Å². The van der Waals surface area contributed by atoms with Gasteiger partial charge in [0, 0.05) is 37.3 Å². The molecule has 1 saturated heterocycles. The van der Waals surface area contributed by atoms with E-state index in [1.54, 1.807) is 18.1 Å². The van der Waals surface area contributed by atoms with Crippen molar-refractivity contribution < 1.29 is 14.3 Å². The van der Waals surface area contributed by atoms with E-state index in [-0.39, 0.29) is 23.8 Å². The minimum atomic E-state index is -0.326. The molecule has 3 aromatic rings. The molecule has 2 unspecified atom stereocenters. The van der Waals surface area contributed by atoms with Crippen molar-refractivity contribution in [2.24, 2.45) is 5.92 Å². The van der Waals surface area contributed by atoms with Gasteiger partial charge in [0.15, 0.2) is 0 Å². The zero-order chi connectivity index (χ0) is 23.9. The second-order valence-corrected chi connectivity index (χ2v) is 8.81. The molecule has 0 saturated carbocycles. The Morgan fingerprint density at radius 2 is 1.76 bits per heavy atom. The number of methoxy groups -OCH3 is 1. The van der Waals surface area contributed by atoms with Gasteiger partial charge in [0.1, 0.15) is 5.75 Å². The number of benzene rings is 3. The molecule has 6 nitrogen and oxygen atoms in total. The predicted octanol–water partition coefficient (Wildman–Crippen LogP) is 4.96. The summed E-state index contributed by atoms with van der Waals surface area (Å²) in [7, 11) is 1.60. The lowest BCUT2D eigenvalue weighted by Crippen LogP contribution is -2.50. The molecule has 1 aliphatic heterocycles. The van der Waals surface area contributed by atoms with Crippen LogP contribution in [0.4, 0.5) is 10.5 Å². The average molecular weight is 458 g/mol. The van der Waals surface area contributed by atoms with Crippen molar-refractivity contribution in [2.45, 2.75) is 25.8 Å². The number of hydrogen-bond acceptors (Lipinski definition) is 3. The molecule has 0 aromatic heterocycles.